The molecule has 0 aliphatic carbocycles. The molecule has 0 spiro atoms. The number of carboxylic acids is 1. The molecular weight excluding hydrogens is 338 g/mol. The largest absolute Gasteiger partial charge is 0.545 e. The molecular formula is C19H14NO6-. The van der Waals surface area contributed by atoms with Crippen LogP contribution in [0.15, 0.2) is 57.7 Å². The van der Waals surface area contributed by atoms with Gasteiger partial charge in [-0.25, -0.2) is 4.79 Å². The number of fused-ring (bicyclic) bond motifs is 1. The van der Waals surface area contributed by atoms with Crippen molar-refractivity contribution in [3.63, 3.8) is 0 Å². The number of carboxylic acid groups (broad SMARTS) is 1. The lowest BCUT2D eigenvalue weighted by Gasteiger charge is -2.08. The van der Waals surface area contributed by atoms with Crippen molar-refractivity contribution >= 4 is 28.5 Å². The molecule has 0 atom stereocenters. The van der Waals surface area contributed by atoms with Crippen LogP contribution in [0.1, 0.15) is 27.6 Å². The molecule has 2 aromatic carbocycles. The Hall–Kier alpha value is -3.61. The second kappa shape index (κ2) is 7.10. The highest BCUT2D eigenvalue weighted by Crippen LogP contribution is 2.25. The van der Waals surface area contributed by atoms with E-state index in [0.29, 0.717) is 23.4 Å². The first-order chi connectivity index (χ1) is 12.5. The van der Waals surface area contributed by atoms with Gasteiger partial charge in [-0.1, -0.05) is 24.3 Å². The van der Waals surface area contributed by atoms with Crippen LogP contribution in [0.3, 0.4) is 0 Å². The van der Waals surface area contributed by atoms with E-state index in [1.54, 1.807) is 18.2 Å². The highest BCUT2D eigenvalue weighted by Gasteiger charge is 2.16. The van der Waals surface area contributed by atoms with Gasteiger partial charge in [-0.15, -0.1) is 0 Å². The summed E-state index contributed by atoms with van der Waals surface area (Å²) in [5.74, 6) is -1.56. The van der Waals surface area contributed by atoms with Crippen molar-refractivity contribution < 1.29 is 23.8 Å². The minimum Gasteiger partial charge on any atom is -0.545 e. The number of carbonyl (C=O) groups excluding carboxylic acids is 2. The molecule has 0 saturated carbocycles. The molecule has 0 aliphatic rings. The number of aromatic carboxylic acids is 1. The second-order valence-corrected chi connectivity index (χ2v) is 5.37. The first kappa shape index (κ1) is 17.2. The Bertz CT molecular complexity index is 1040. The molecule has 3 rings (SSSR count). The third kappa shape index (κ3) is 3.41. The van der Waals surface area contributed by atoms with Crippen molar-refractivity contribution in [1.82, 2.24) is 0 Å². The van der Waals surface area contributed by atoms with Gasteiger partial charge in [0.05, 0.1) is 12.6 Å². The molecule has 7 heteroatoms. The zero-order valence-corrected chi connectivity index (χ0v) is 13.8. The molecule has 26 heavy (non-hydrogen) atoms. The first-order valence-corrected chi connectivity index (χ1v) is 7.82. The van der Waals surface area contributed by atoms with Crippen molar-refractivity contribution in [2.45, 2.75) is 6.92 Å². The lowest BCUT2D eigenvalue weighted by Crippen LogP contribution is -2.22. The Morgan fingerprint density at radius 3 is 2.54 bits per heavy atom. The molecule has 1 N–H and O–H groups in total. The molecule has 1 aromatic heterocycles. The van der Waals surface area contributed by atoms with E-state index in [2.05, 4.69) is 5.32 Å². The maximum absolute atomic E-state index is 12.4. The Kier molecular flexibility index (Phi) is 4.70. The van der Waals surface area contributed by atoms with Gasteiger partial charge in [0, 0.05) is 11.1 Å². The predicted octanol–water partition coefficient (Wildman–Crippen LogP) is 1.81. The predicted molar refractivity (Wildman–Crippen MR) is 92.4 cm³/mol. The van der Waals surface area contributed by atoms with Gasteiger partial charge in [0.25, 0.3) is 5.91 Å². The molecule has 3 aromatic rings. The quantitative estimate of drug-likeness (QED) is 0.702. The van der Waals surface area contributed by atoms with E-state index in [1.165, 1.54) is 30.3 Å². The Labute approximate surface area is 147 Å². The smallest absolute Gasteiger partial charge is 0.349 e. The molecule has 0 saturated heterocycles. The van der Waals surface area contributed by atoms with E-state index in [9.17, 15) is 19.5 Å². The Balaban J connectivity index is 1.92. The lowest BCUT2D eigenvalue weighted by molar-refractivity contribution is -0.255. The summed E-state index contributed by atoms with van der Waals surface area (Å²) in [6.45, 7) is 2.22. The van der Waals surface area contributed by atoms with Gasteiger partial charge >= 0.3 is 5.63 Å². The number of hydrogen-bond acceptors (Lipinski definition) is 6. The lowest BCUT2D eigenvalue weighted by atomic mass is 10.1. The van der Waals surface area contributed by atoms with Gasteiger partial charge in [0.15, 0.2) is 11.3 Å². The maximum atomic E-state index is 12.4. The number of amides is 1. The van der Waals surface area contributed by atoms with E-state index in [1.807, 2.05) is 6.92 Å². The summed E-state index contributed by atoms with van der Waals surface area (Å²) < 4.78 is 10.7. The van der Waals surface area contributed by atoms with E-state index < -0.39 is 17.5 Å². The summed E-state index contributed by atoms with van der Waals surface area (Å²) in [7, 11) is 0. The highest BCUT2D eigenvalue weighted by atomic mass is 16.5. The van der Waals surface area contributed by atoms with Crippen LogP contribution in [0.4, 0.5) is 5.69 Å². The van der Waals surface area contributed by atoms with Crippen molar-refractivity contribution in [3.05, 3.63) is 70.1 Å². The number of hydrogen-bond donors (Lipinski definition) is 1. The van der Waals surface area contributed by atoms with Crippen LogP contribution in [-0.4, -0.2) is 18.5 Å². The molecule has 0 bridgehead atoms. The average Bonchev–Trinajstić information content (AvgIpc) is 2.62. The maximum Gasteiger partial charge on any atom is 0.349 e. The summed E-state index contributed by atoms with van der Waals surface area (Å²) in [6, 6.07) is 11.9. The van der Waals surface area contributed by atoms with Crippen molar-refractivity contribution in [1.29, 1.82) is 0 Å². The van der Waals surface area contributed by atoms with E-state index in [0.717, 1.165) is 0 Å². The average molecular weight is 352 g/mol. The fourth-order valence-electron chi connectivity index (χ4n) is 2.43. The van der Waals surface area contributed by atoms with Crippen molar-refractivity contribution in [3.8, 4) is 5.75 Å². The normalized spacial score (nSPS) is 10.5. The molecule has 1 amide bonds. The molecule has 132 valence electrons. The summed E-state index contributed by atoms with van der Waals surface area (Å²) in [5, 5.41) is 13.8. The molecule has 0 aliphatic heterocycles. The minimum absolute atomic E-state index is 0.0170. The molecule has 7 nitrogen and oxygen atoms in total. The topological polar surface area (TPSA) is 109 Å². The van der Waals surface area contributed by atoms with Crippen LogP contribution in [0, 0.1) is 0 Å². The van der Waals surface area contributed by atoms with E-state index >= 15 is 0 Å². The number of carbonyl (C=O) groups is 2. The summed E-state index contributed by atoms with van der Waals surface area (Å²) in [4.78, 5) is 35.3. The summed E-state index contributed by atoms with van der Waals surface area (Å²) in [6.07, 6.45) is 0. The molecule has 0 radical (unpaired) electrons. The van der Waals surface area contributed by atoms with Crippen molar-refractivity contribution in [2.24, 2.45) is 0 Å². The van der Waals surface area contributed by atoms with Crippen LogP contribution in [0.25, 0.3) is 11.0 Å². The number of anilines is 1. The SMILES string of the molecule is CCOc1cccc2cc(C(=O)Nc3ccc(C(=O)[O-])cc3)c(=O)oc12. The first-order valence-electron chi connectivity index (χ1n) is 7.82. The fourth-order valence-corrected chi connectivity index (χ4v) is 2.43. The number of rotatable bonds is 5. The third-order valence-corrected chi connectivity index (χ3v) is 3.65. The fraction of sp³-hybridized carbons (Fsp3) is 0.105. The third-order valence-electron chi connectivity index (χ3n) is 3.65. The van der Waals surface area contributed by atoms with Gasteiger partial charge in [0.1, 0.15) is 5.56 Å². The summed E-state index contributed by atoms with van der Waals surface area (Å²) in [5.41, 5.74) is -0.378. The van der Waals surface area contributed by atoms with E-state index in [-0.39, 0.29) is 16.7 Å². The summed E-state index contributed by atoms with van der Waals surface area (Å²) >= 11 is 0. The zero-order valence-electron chi connectivity index (χ0n) is 13.8. The van der Waals surface area contributed by atoms with Gasteiger partial charge in [0.2, 0.25) is 0 Å². The van der Waals surface area contributed by atoms with Gasteiger partial charge in [-0.3, -0.25) is 4.79 Å². The van der Waals surface area contributed by atoms with Crippen LogP contribution >= 0.6 is 0 Å². The molecule has 0 unspecified atom stereocenters. The van der Waals surface area contributed by atoms with Crippen LogP contribution in [0.2, 0.25) is 0 Å². The van der Waals surface area contributed by atoms with Gasteiger partial charge < -0.3 is 24.4 Å². The van der Waals surface area contributed by atoms with Crippen LogP contribution in [0.5, 0.6) is 5.75 Å². The number of benzene rings is 2. The van der Waals surface area contributed by atoms with Crippen LogP contribution < -0.4 is 20.8 Å². The number of ether oxygens (including phenoxy) is 1. The monoisotopic (exact) mass is 352 g/mol. The van der Waals surface area contributed by atoms with E-state index in [4.69, 9.17) is 9.15 Å². The zero-order chi connectivity index (χ0) is 18.7. The Morgan fingerprint density at radius 1 is 1.15 bits per heavy atom. The van der Waals surface area contributed by atoms with Gasteiger partial charge in [-0.2, -0.15) is 0 Å². The highest BCUT2D eigenvalue weighted by molar-refractivity contribution is 6.05. The van der Waals surface area contributed by atoms with Crippen molar-refractivity contribution in [2.75, 3.05) is 11.9 Å². The Morgan fingerprint density at radius 2 is 1.88 bits per heavy atom. The van der Waals surface area contributed by atoms with Crippen LogP contribution in [-0.2, 0) is 0 Å². The second-order valence-electron chi connectivity index (χ2n) is 5.37. The van der Waals surface area contributed by atoms with Gasteiger partial charge in [-0.05, 0) is 36.8 Å². The standard InChI is InChI=1S/C19H15NO6/c1-2-25-15-5-3-4-12-10-14(19(24)26-16(12)15)17(21)20-13-8-6-11(7-9-13)18(22)23/h3-10H,2H2,1H3,(H,20,21)(H,22,23)/p-1. The molecule has 0 fully saturated rings. The minimum atomic E-state index is -1.32. The molecule has 1 heterocycles. The number of para-hydroxylation sites is 1. The number of nitrogens with one attached hydrogen (secondary N) is 1.